The number of nitrogens with zero attached hydrogens (tertiary/aromatic N) is 1. The average Bonchev–Trinajstić information content (AvgIpc) is 2.97. The van der Waals surface area contributed by atoms with Gasteiger partial charge in [0.25, 0.3) is 5.91 Å². The van der Waals surface area contributed by atoms with Crippen LogP contribution in [0.15, 0.2) is 30.3 Å². The summed E-state index contributed by atoms with van der Waals surface area (Å²) < 4.78 is 6.56. The molecule has 1 saturated heterocycles. The smallest absolute Gasteiger partial charge is 0.264 e. The number of amides is 1. The number of hydrogen-bond donors (Lipinski definition) is 1. The molecule has 0 spiro atoms. The Morgan fingerprint density at radius 3 is 3.00 bits per heavy atom. The molecular weight excluding hydrogens is 284 g/mol. The second-order valence-corrected chi connectivity index (χ2v) is 6.50. The maximum atomic E-state index is 12.8. The fraction of sp³-hybridized carbons (Fsp3) is 0.438. The third-order valence-corrected chi connectivity index (χ3v) is 5.27. The van der Waals surface area contributed by atoms with Crippen molar-refractivity contribution in [2.45, 2.75) is 25.0 Å². The maximum absolute atomic E-state index is 12.8. The van der Waals surface area contributed by atoms with E-state index in [-0.39, 0.29) is 18.1 Å². The molecule has 2 atom stereocenters. The molecule has 1 aromatic heterocycles. The zero-order valence-electron chi connectivity index (χ0n) is 12.1. The lowest BCUT2D eigenvalue weighted by Crippen LogP contribution is -2.51. The van der Waals surface area contributed by atoms with Gasteiger partial charge < -0.3 is 15.4 Å². The molecule has 0 bridgehead atoms. The minimum atomic E-state index is 0.0708. The second-order valence-electron chi connectivity index (χ2n) is 5.42. The van der Waals surface area contributed by atoms with Crippen molar-refractivity contribution < 1.29 is 9.53 Å². The number of thiophene rings is 1. The normalized spacial score (nSPS) is 22.7. The highest BCUT2D eigenvalue weighted by Crippen LogP contribution is 2.28. The summed E-state index contributed by atoms with van der Waals surface area (Å²) in [5.41, 5.74) is 5.86. The molecule has 0 aliphatic carbocycles. The number of methoxy groups -OCH3 is 1. The van der Waals surface area contributed by atoms with Crippen molar-refractivity contribution in [2.75, 3.05) is 20.2 Å². The molecule has 1 aliphatic rings. The zero-order chi connectivity index (χ0) is 14.8. The highest BCUT2D eigenvalue weighted by molar-refractivity contribution is 7.20. The monoisotopic (exact) mass is 304 g/mol. The lowest BCUT2D eigenvalue weighted by Gasteiger charge is -2.38. The molecule has 0 radical (unpaired) electrons. The van der Waals surface area contributed by atoms with Crippen LogP contribution in [0.3, 0.4) is 0 Å². The van der Waals surface area contributed by atoms with Crippen LogP contribution in [0.25, 0.3) is 10.1 Å². The van der Waals surface area contributed by atoms with E-state index >= 15 is 0 Å². The number of hydrogen-bond acceptors (Lipinski definition) is 4. The van der Waals surface area contributed by atoms with Crippen LogP contribution in [0.1, 0.15) is 22.5 Å². The van der Waals surface area contributed by atoms with E-state index in [0.29, 0.717) is 13.1 Å². The Hall–Kier alpha value is -1.43. The molecule has 1 aliphatic heterocycles. The first-order chi connectivity index (χ1) is 10.2. The van der Waals surface area contributed by atoms with Crippen molar-refractivity contribution in [3.8, 4) is 0 Å². The van der Waals surface area contributed by atoms with Crippen molar-refractivity contribution in [3.05, 3.63) is 35.2 Å². The Morgan fingerprint density at radius 1 is 1.48 bits per heavy atom. The van der Waals surface area contributed by atoms with E-state index in [9.17, 15) is 4.79 Å². The summed E-state index contributed by atoms with van der Waals surface area (Å²) in [5, 5.41) is 1.13. The SMILES string of the molecule is COC1CCN(C(=O)c2cc3ccccc3s2)C(CN)C1. The molecule has 3 rings (SSSR count). The van der Waals surface area contributed by atoms with Gasteiger partial charge in [-0.2, -0.15) is 0 Å². The fourth-order valence-electron chi connectivity index (χ4n) is 2.95. The van der Waals surface area contributed by atoms with Crippen LogP contribution in [-0.2, 0) is 4.74 Å². The van der Waals surface area contributed by atoms with E-state index in [2.05, 4.69) is 0 Å². The summed E-state index contributed by atoms with van der Waals surface area (Å²) in [6.07, 6.45) is 1.91. The number of likely N-dealkylation sites (tertiary alicyclic amines) is 1. The standard InChI is InChI=1S/C16H20N2O2S/c1-20-13-6-7-18(12(9-13)10-17)16(19)15-8-11-4-2-3-5-14(11)21-15/h2-5,8,12-13H,6-7,9-10,17H2,1H3. The number of ether oxygens (including phenoxy) is 1. The molecule has 1 amide bonds. The van der Waals surface area contributed by atoms with Crippen LogP contribution < -0.4 is 5.73 Å². The van der Waals surface area contributed by atoms with Gasteiger partial charge in [-0.05, 0) is 30.4 Å². The van der Waals surface area contributed by atoms with Gasteiger partial charge in [-0.25, -0.2) is 0 Å². The summed E-state index contributed by atoms with van der Waals surface area (Å²) >= 11 is 1.55. The lowest BCUT2D eigenvalue weighted by molar-refractivity contribution is 0.0141. The highest BCUT2D eigenvalue weighted by atomic mass is 32.1. The van der Waals surface area contributed by atoms with Crippen molar-refractivity contribution in [1.82, 2.24) is 4.90 Å². The molecule has 2 heterocycles. The van der Waals surface area contributed by atoms with E-state index in [0.717, 1.165) is 27.8 Å². The molecule has 0 saturated carbocycles. The van der Waals surface area contributed by atoms with E-state index in [1.807, 2.05) is 35.2 Å². The Morgan fingerprint density at radius 2 is 2.29 bits per heavy atom. The Bertz CT molecular complexity index is 607. The first kappa shape index (κ1) is 14.5. The number of nitrogens with two attached hydrogens (primary N) is 1. The number of rotatable bonds is 3. The molecule has 2 aromatic rings. The van der Waals surface area contributed by atoms with E-state index in [1.54, 1.807) is 18.4 Å². The molecule has 112 valence electrons. The topological polar surface area (TPSA) is 55.6 Å². The minimum absolute atomic E-state index is 0.0708. The van der Waals surface area contributed by atoms with Gasteiger partial charge in [-0.3, -0.25) is 4.79 Å². The van der Waals surface area contributed by atoms with Crippen LogP contribution >= 0.6 is 11.3 Å². The molecule has 4 nitrogen and oxygen atoms in total. The number of benzene rings is 1. The van der Waals surface area contributed by atoms with E-state index < -0.39 is 0 Å². The average molecular weight is 304 g/mol. The van der Waals surface area contributed by atoms with Gasteiger partial charge in [0.1, 0.15) is 0 Å². The number of carbonyl (C=O) groups excluding carboxylic acids is 1. The summed E-state index contributed by atoms with van der Waals surface area (Å²) in [6, 6.07) is 10.1. The molecule has 1 fully saturated rings. The van der Waals surface area contributed by atoms with Crippen LogP contribution in [0.4, 0.5) is 0 Å². The highest BCUT2D eigenvalue weighted by Gasteiger charge is 2.31. The van der Waals surface area contributed by atoms with Gasteiger partial charge in [-0.15, -0.1) is 11.3 Å². The summed E-state index contributed by atoms with van der Waals surface area (Å²) in [5.74, 6) is 0.0983. The Labute approximate surface area is 128 Å². The zero-order valence-corrected chi connectivity index (χ0v) is 12.9. The number of carbonyl (C=O) groups is 1. The van der Waals surface area contributed by atoms with Crippen molar-refractivity contribution in [2.24, 2.45) is 5.73 Å². The van der Waals surface area contributed by atoms with Gasteiger partial charge in [0.05, 0.1) is 11.0 Å². The molecule has 1 aromatic carbocycles. The molecule has 2 unspecified atom stereocenters. The summed E-state index contributed by atoms with van der Waals surface area (Å²) in [7, 11) is 1.72. The van der Waals surface area contributed by atoms with Crippen molar-refractivity contribution in [3.63, 3.8) is 0 Å². The second kappa shape index (κ2) is 6.13. The van der Waals surface area contributed by atoms with Crippen LogP contribution in [0.5, 0.6) is 0 Å². The van der Waals surface area contributed by atoms with E-state index in [1.165, 1.54) is 0 Å². The third-order valence-electron chi connectivity index (χ3n) is 4.17. The summed E-state index contributed by atoms with van der Waals surface area (Å²) in [4.78, 5) is 15.5. The first-order valence-corrected chi connectivity index (χ1v) is 8.07. The van der Waals surface area contributed by atoms with Gasteiger partial charge in [0, 0.05) is 30.9 Å². The van der Waals surface area contributed by atoms with Crippen LogP contribution in [0, 0.1) is 0 Å². The van der Waals surface area contributed by atoms with Gasteiger partial charge in [0.2, 0.25) is 0 Å². The molecule has 5 heteroatoms. The predicted octanol–water partition coefficient (Wildman–Crippen LogP) is 2.48. The molecule has 21 heavy (non-hydrogen) atoms. The van der Waals surface area contributed by atoms with Gasteiger partial charge in [0.15, 0.2) is 0 Å². The Kier molecular flexibility index (Phi) is 4.24. The molecular formula is C16H20N2O2S. The summed E-state index contributed by atoms with van der Waals surface area (Å²) in [6.45, 7) is 1.20. The van der Waals surface area contributed by atoms with Crippen LogP contribution in [-0.4, -0.2) is 43.2 Å². The lowest BCUT2D eigenvalue weighted by atomic mass is 9.99. The van der Waals surface area contributed by atoms with Crippen molar-refractivity contribution >= 4 is 27.3 Å². The quantitative estimate of drug-likeness (QED) is 0.948. The number of fused-ring (bicyclic) bond motifs is 1. The first-order valence-electron chi connectivity index (χ1n) is 7.25. The molecule has 2 N–H and O–H groups in total. The third kappa shape index (κ3) is 2.81. The Balaban J connectivity index is 1.83. The maximum Gasteiger partial charge on any atom is 0.264 e. The fourth-order valence-corrected chi connectivity index (χ4v) is 3.97. The predicted molar refractivity (Wildman–Crippen MR) is 85.7 cm³/mol. The van der Waals surface area contributed by atoms with E-state index in [4.69, 9.17) is 10.5 Å². The minimum Gasteiger partial charge on any atom is -0.381 e. The van der Waals surface area contributed by atoms with Gasteiger partial charge >= 0.3 is 0 Å². The number of piperidine rings is 1. The largest absolute Gasteiger partial charge is 0.381 e. The van der Waals surface area contributed by atoms with Crippen LogP contribution in [0.2, 0.25) is 0 Å². The van der Waals surface area contributed by atoms with Gasteiger partial charge in [-0.1, -0.05) is 18.2 Å². The van der Waals surface area contributed by atoms with Crippen molar-refractivity contribution in [1.29, 1.82) is 0 Å².